The van der Waals surface area contributed by atoms with E-state index in [-0.39, 0.29) is 11.5 Å². The highest BCUT2D eigenvalue weighted by Crippen LogP contribution is 2.41. The Morgan fingerprint density at radius 3 is 2.89 bits per heavy atom. The fraction of sp³-hybridized carbons (Fsp3) is 0.545. The van der Waals surface area contributed by atoms with Gasteiger partial charge in [0.15, 0.2) is 0 Å². The first-order valence-corrected chi connectivity index (χ1v) is 11.1. The van der Waals surface area contributed by atoms with E-state index in [4.69, 9.17) is 4.74 Å². The third-order valence-electron chi connectivity index (χ3n) is 5.90. The van der Waals surface area contributed by atoms with Crippen LogP contribution < -0.4 is 0 Å². The normalized spacial score (nSPS) is 26.1. The molecule has 6 heteroatoms. The van der Waals surface area contributed by atoms with Crippen LogP contribution in [0.1, 0.15) is 36.8 Å². The van der Waals surface area contributed by atoms with Gasteiger partial charge in [-0.15, -0.1) is 11.3 Å². The molecule has 2 aliphatic heterocycles. The van der Waals surface area contributed by atoms with Crippen LogP contribution in [-0.4, -0.2) is 53.0 Å². The number of piperidine rings is 2. The van der Waals surface area contributed by atoms with E-state index in [1.54, 1.807) is 11.3 Å². The molecule has 3 heterocycles. The molecule has 1 amide bonds. The quantitative estimate of drug-likeness (QED) is 0.745. The molecule has 2 saturated heterocycles. The van der Waals surface area contributed by atoms with Gasteiger partial charge in [0.2, 0.25) is 5.91 Å². The van der Waals surface area contributed by atoms with E-state index in [2.05, 4.69) is 22.0 Å². The number of likely N-dealkylation sites (tertiary alicyclic amines) is 2. The predicted molar refractivity (Wildman–Crippen MR) is 111 cm³/mol. The summed E-state index contributed by atoms with van der Waals surface area (Å²) < 4.78 is 6.05. The molecule has 0 bridgehead atoms. The lowest BCUT2D eigenvalue weighted by Gasteiger charge is -2.49. The molecule has 0 saturated carbocycles. The molecule has 2 aromatic rings. The SMILES string of the molecule is CCO[C@@H]1CN(Cc2ccccc2)C(=O)[C@@]2(CCCN(Cc3nccs3)C2)C1. The average molecular weight is 400 g/mol. The Kier molecular flexibility index (Phi) is 6.09. The third-order valence-corrected chi connectivity index (χ3v) is 6.66. The molecule has 0 radical (unpaired) electrons. The van der Waals surface area contributed by atoms with Gasteiger partial charge in [0.25, 0.3) is 0 Å². The molecule has 1 spiro atoms. The first-order chi connectivity index (χ1) is 13.7. The van der Waals surface area contributed by atoms with Crippen molar-refractivity contribution < 1.29 is 9.53 Å². The molecular formula is C22H29N3O2S. The van der Waals surface area contributed by atoms with Crippen LogP contribution in [0.5, 0.6) is 0 Å². The number of thiazole rings is 1. The summed E-state index contributed by atoms with van der Waals surface area (Å²) in [6.45, 7) is 6.77. The molecule has 150 valence electrons. The monoisotopic (exact) mass is 399 g/mol. The van der Waals surface area contributed by atoms with Crippen LogP contribution in [0.2, 0.25) is 0 Å². The summed E-state index contributed by atoms with van der Waals surface area (Å²) in [5.74, 6) is 0.302. The second-order valence-corrected chi connectivity index (χ2v) is 8.95. The van der Waals surface area contributed by atoms with Crippen LogP contribution in [0.4, 0.5) is 0 Å². The van der Waals surface area contributed by atoms with Crippen molar-refractivity contribution >= 4 is 17.2 Å². The second-order valence-electron chi connectivity index (χ2n) is 7.97. The summed E-state index contributed by atoms with van der Waals surface area (Å²) in [5, 5.41) is 3.15. The van der Waals surface area contributed by atoms with Crippen LogP contribution in [0.25, 0.3) is 0 Å². The van der Waals surface area contributed by atoms with Gasteiger partial charge in [-0.05, 0) is 38.3 Å². The predicted octanol–water partition coefficient (Wildman–Crippen LogP) is 3.56. The molecule has 4 rings (SSSR count). The number of aromatic nitrogens is 1. The van der Waals surface area contributed by atoms with E-state index in [1.807, 2.05) is 41.6 Å². The minimum atomic E-state index is -0.331. The highest BCUT2D eigenvalue weighted by Gasteiger charge is 2.49. The Hall–Kier alpha value is -1.76. The van der Waals surface area contributed by atoms with Crippen LogP contribution >= 0.6 is 11.3 Å². The maximum atomic E-state index is 13.6. The molecule has 0 aliphatic carbocycles. The number of hydrogen-bond donors (Lipinski definition) is 0. The highest BCUT2D eigenvalue weighted by atomic mass is 32.1. The number of carbonyl (C=O) groups is 1. The molecular weight excluding hydrogens is 370 g/mol. The van der Waals surface area contributed by atoms with E-state index >= 15 is 0 Å². The minimum Gasteiger partial charge on any atom is -0.377 e. The Morgan fingerprint density at radius 1 is 1.29 bits per heavy atom. The molecule has 2 fully saturated rings. The largest absolute Gasteiger partial charge is 0.377 e. The average Bonchev–Trinajstić information content (AvgIpc) is 3.20. The van der Waals surface area contributed by atoms with E-state index in [9.17, 15) is 4.79 Å². The molecule has 0 unspecified atom stereocenters. The standard InChI is InChI=1S/C22H29N3O2S/c1-2-27-19-13-22(9-6-11-24(17-22)16-20-23-10-12-28-20)21(26)25(15-19)14-18-7-4-3-5-8-18/h3-5,7-8,10,12,19H,2,6,9,11,13-17H2,1H3/t19-,22-/m0/s1. The maximum absolute atomic E-state index is 13.6. The summed E-state index contributed by atoms with van der Waals surface area (Å²) in [6.07, 6.45) is 4.81. The lowest BCUT2D eigenvalue weighted by atomic mass is 9.72. The lowest BCUT2D eigenvalue weighted by molar-refractivity contribution is -0.161. The molecule has 2 atom stereocenters. The van der Waals surface area contributed by atoms with Crippen LogP contribution in [-0.2, 0) is 22.6 Å². The summed E-state index contributed by atoms with van der Waals surface area (Å²) in [4.78, 5) is 22.5. The maximum Gasteiger partial charge on any atom is 0.230 e. The Labute approximate surface area is 171 Å². The number of hydrogen-bond acceptors (Lipinski definition) is 5. The number of carbonyl (C=O) groups excluding carboxylic acids is 1. The summed E-state index contributed by atoms with van der Waals surface area (Å²) in [6, 6.07) is 10.3. The van der Waals surface area contributed by atoms with Crippen molar-refractivity contribution in [3.8, 4) is 0 Å². The zero-order valence-electron chi connectivity index (χ0n) is 16.5. The van der Waals surface area contributed by atoms with Crippen molar-refractivity contribution in [3.63, 3.8) is 0 Å². The Morgan fingerprint density at radius 2 is 2.14 bits per heavy atom. The van der Waals surface area contributed by atoms with Crippen LogP contribution in [0.15, 0.2) is 41.9 Å². The van der Waals surface area contributed by atoms with Crippen LogP contribution in [0.3, 0.4) is 0 Å². The van der Waals surface area contributed by atoms with Crippen molar-refractivity contribution in [1.82, 2.24) is 14.8 Å². The number of amides is 1. The minimum absolute atomic E-state index is 0.117. The van der Waals surface area contributed by atoms with E-state index in [1.165, 1.54) is 5.56 Å². The van der Waals surface area contributed by atoms with Gasteiger partial charge < -0.3 is 9.64 Å². The van der Waals surface area contributed by atoms with Crippen LogP contribution in [0, 0.1) is 5.41 Å². The fourth-order valence-corrected chi connectivity index (χ4v) is 5.42. The van der Waals surface area contributed by atoms with E-state index in [0.717, 1.165) is 43.9 Å². The van der Waals surface area contributed by atoms with Crippen molar-refractivity contribution in [2.24, 2.45) is 5.41 Å². The Bertz CT molecular complexity index is 767. The van der Waals surface area contributed by atoms with Crippen molar-refractivity contribution in [2.75, 3.05) is 26.2 Å². The van der Waals surface area contributed by atoms with Gasteiger partial charge in [-0.3, -0.25) is 9.69 Å². The van der Waals surface area contributed by atoms with Gasteiger partial charge in [-0.25, -0.2) is 4.98 Å². The first kappa shape index (κ1) is 19.6. The molecule has 5 nitrogen and oxygen atoms in total. The summed E-state index contributed by atoms with van der Waals surface area (Å²) >= 11 is 1.69. The molecule has 2 aliphatic rings. The topological polar surface area (TPSA) is 45.7 Å². The number of ether oxygens (including phenoxy) is 1. The van der Waals surface area contributed by atoms with Crippen molar-refractivity contribution in [1.29, 1.82) is 0 Å². The smallest absolute Gasteiger partial charge is 0.230 e. The van der Waals surface area contributed by atoms with E-state index in [0.29, 0.717) is 25.6 Å². The summed E-state index contributed by atoms with van der Waals surface area (Å²) in [7, 11) is 0. The fourth-order valence-electron chi connectivity index (χ4n) is 4.76. The van der Waals surface area contributed by atoms with Crippen molar-refractivity contribution in [2.45, 2.75) is 45.4 Å². The lowest BCUT2D eigenvalue weighted by Crippen LogP contribution is -2.59. The van der Waals surface area contributed by atoms with Crippen molar-refractivity contribution in [3.05, 3.63) is 52.5 Å². The molecule has 28 heavy (non-hydrogen) atoms. The number of rotatable bonds is 6. The zero-order valence-corrected chi connectivity index (χ0v) is 17.4. The zero-order chi connectivity index (χ0) is 19.4. The second kappa shape index (κ2) is 8.72. The number of benzene rings is 1. The van der Waals surface area contributed by atoms with Gasteiger partial charge in [0.1, 0.15) is 5.01 Å². The summed E-state index contributed by atoms with van der Waals surface area (Å²) in [5.41, 5.74) is 0.848. The van der Waals surface area contributed by atoms with Gasteiger partial charge >= 0.3 is 0 Å². The molecule has 1 aromatic carbocycles. The third kappa shape index (κ3) is 4.29. The number of nitrogens with zero attached hydrogens (tertiary/aromatic N) is 3. The molecule has 1 aromatic heterocycles. The first-order valence-electron chi connectivity index (χ1n) is 10.2. The van der Waals surface area contributed by atoms with Gasteiger partial charge in [-0.1, -0.05) is 30.3 Å². The van der Waals surface area contributed by atoms with E-state index < -0.39 is 0 Å². The molecule has 0 N–H and O–H groups in total. The Balaban J connectivity index is 1.53. The van der Waals surface area contributed by atoms with Gasteiger partial charge in [0, 0.05) is 37.8 Å². The van der Waals surface area contributed by atoms with Gasteiger partial charge in [-0.2, -0.15) is 0 Å². The van der Waals surface area contributed by atoms with Gasteiger partial charge in [0.05, 0.1) is 18.1 Å². The highest BCUT2D eigenvalue weighted by molar-refractivity contribution is 7.09.